The van der Waals surface area contributed by atoms with E-state index in [0.29, 0.717) is 22.1 Å². The van der Waals surface area contributed by atoms with Crippen LogP contribution in [0.1, 0.15) is 10.4 Å². The molecule has 0 heterocycles. The maximum Gasteiger partial charge on any atom is 0.337 e. The Bertz CT molecular complexity index is 1150. The van der Waals surface area contributed by atoms with Crippen molar-refractivity contribution in [2.45, 2.75) is 4.90 Å². The quantitative estimate of drug-likeness (QED) is 0.512. The molecule has 0 amide bonds. The molecule has 156 valence electrons. The first-order valence-electron chi connectivity index (χ1n) is 8.74. The van der Waals surface area contributed by atoms with Crippen LogP contribution in [0.4, 0.5) is 17.1 Å². The van der Waals surface area contributed by atoms with E-state index in [-0.39, 0.29) is 16.1 Å². The summed E-state index contributed by atoms with van der Waals surface area (Å²) in [6.07, 6.45) is 0. The van der Waals surface area contributed by atoms with Gasteiger partial charge < -0.3 is 14.8 Å². The highest BCUT2D eigenvalue weighted by atomic mass is 35.5. The number of anilines is 3. The highest BCUT2D eigenvalue weighted by Crippen LogP contribution is 2.29. The van der Waals surface area contributed by atoms with Crippen LogP contribution >= 0.6 is 11.6 Å². The number of carbonyl (C=O) groups is 1. The summed E-state index contributed by atoms with van der Waals surface area (Å²) in [6, 6.07) is 17.4. The summed E-state index contributed by atoms with van der Waals surface area (Å²) in [5.74, 6) is -0.0512. The summed E-state index contributed by atoms with van der Waals surface area (Å²) in [6.45, 7) is 0. The second-order valence-corrected chi connectivity index (χ2v) is 8.26. The van der Waals surface area contributed by atoms with Crippen LogP contribution in [-0.2, 0) is 14.8 Å². The largest absolute Gasteiger partial charge is 0.497 e. The van der Waals surface area contributed by atoms with Crippen molar-refractivity contribution in [2.24, 2.45) is 0 Å². The van der Waals surface area contributed by atoms with Crippen LogP contribution in [0.3, 0.4) is 0 Å². The van der Waals surface area contributed by atoms with Crippen molar-refractivity contribution in [2.75, 3.05) is 24.3 Å². The van der Waals surface area contributed by atoms with Gasteiger partial charge in [-0.1, -0.05) is 11.6 Å². The Hall–Kier alpha value is -3.23. The van der Waals surface area contributed by atoms with Crippen LogP contribution in [-0.4, -0.2) is 28.6 Å². The van der Waals surface area contributed by atoms with Crippen LogP contribution in [0, 0.1) is 0 Å². The number of methoxy groups -OCH3 is 2. The van der Waals surface area contributed by atoms with E-state index in [1.54, 1.807) is 48.5 Å². The van der Waals surface area contributed by atoms with Gasteiger partial charge in [-0.3, -0.25) is 4.72 Å². The molecule has 3 aromatic carbocycles. The highest BCUT2D eigenvalue weighted by Gasteiger charge is 2.22. The molecule has 0 aliphatic heterocycles. The van der Waals surface area contributed by atoms with Crippen LogP contribution in [0.2, 0.25) is 5.02 Å². The van der Waals surface area contributed by atoms with Crippen molar-refractivity contribution in [1.29, 1.82) is 0 Å². The number of hydrogen-bond acceptors (Lipinski definition) is 6. The minimum atomic E-state index is -4.04. The van der Waals surface area contributed by atoms with Gasteiger partial charge >= 0.3 is 5.97 Å². The van der Waals surface area contributed by atoms with Gasteiger partial charge in [0.1, 0.15) is 10.6 Å². The van der Waals surface area contributed by atoms with Crippen molar-refractivity contribution in [3.05, 3.63) is 77.3 Å². The summed E-state index contributed by atoms with van der Waals surface area (Å²) < 4.78 is 38.6. The molecule has 7 nitrogen and oxygen atoms in total. The smallest absolute Gasteiger partial charge is 0.337 e. The zero-order valence-electron chi connectivity index (χ0n) is 16.2. The predicted octanol–water partition coefficient (Wildman–Crippen LogP) is 4.68. The van der Waals surface area contributed by atoms with Gasteiger partial charge in [0.15, 0.2) is 0 Å². The van der Waals surface area contributed by atoms with Crippen molar-refractivity contribution in [3.8, 4) is 5.75 Å². The zero-order chi connectivity index (χ0) is 21.7. The average Bonchev–Trinajstić information content (AvgIpc) is 2.75. The molecule has 9 heteroatoms. The molecule has 0 saturated carbocycles. The summed E-state index contributed by atoms with van der Waals surface area (Å²) in [7, 11) is -1.30. The Kier molecular flexibility index (Phi) is 6.49. The van der Waals surface area contributed by atoms with Gasteiger partial charge in [0.25, 0.3) is 10.0 Å². The minimum absolute atomic E-state index is 0.106. The van der Waals surface area contributed by atoms with Gasteiger partial charge in [-0.25, -0.2) is 13.2 Å². The maximum atomic E-state index is 13.1. The number of halogens is 1. The van der Waals surface area contributed by atoms with Crippen LogP contribution in [0.5, 0.6) is 5.75 Å². The topological polar surface area (TPSA) is 93.7 Å². The van der Waals surface area contributed by atoms with Gasteiger partial charge in [0.05, 0.1) is 25.5 Å². The molecular weight excluding hydrogens is 428 g/mol. The van der Waals surface area contributed by atoms with Crippen molar-refractivity contribution >= 4 is 44.7 Å². The van der Waals surface area contributed by atoms with Crippen LogP contribution < -0.4 is 14.8 Å². The van der Waals surface area contributed by atoms with Crippen molar-refractivity contribution < 1.29 is 22.7 Å². The number of ether oxygens (including phenoxy) is 2. The second-order valence-electron chi connectivity index (χ2n) is 6.17. The molecule has 0 atom stereocenters. The Balaban J connectivity index is 2.01. The predicted molar refractivity (Wildman–Crippen MR) is 116 cm³/mol. The molecule has 0 saturated heterocycles. The average molecular weight is 447 g/mol. The monoisotopic (exact) mass is 446 g/mol. The Morgan fingerprint density at radius 1 is 0.900 bits per heavy atom. The number of sulfonamides is 1. The van der Waals surface area contributed by atoms with Gasteiger partial charge in [0, 0.05) is 16.4 Å². The second kappa shape index (κ2) is 9.06. The normalized spacial score (nSPS) is 10.9. The number of rotatable bonds is 7. The van der Waals surface area contributed by atoms with Gasteiger partial charge in [-0.15, -0.1) is 0 Å². The number of hydrogen-bond donors (Lipinski definition) is 2. The number of benzene rings is 3. The number of esters is 1. The third-order valence-corrected chi connectivity index (χ3v) is 5.83. The fraction of sp³-hybridized carbons (Fsp3) is 0.0952. The molecule has 3 rings (SSSR count). The first-order valence-corrected chi connectivity index (χ1v) is 10.6. The number of nitrogens with one attached hydrogen (secondary N) is 2. The summed E-state index contributed by atoms with van der Waals surface area (Å²) in [5, 5.41) is 3.60. The van der Waals surface area contributed by atoms with E-state index in [0.717, 1.165) is 0 Å². The molecule has 0 spiro atoms. The number of carbonyl (C=O) groups excluding carboxylic acids is 1. The van der Waals surface area contributed by atoms with E-state index in [1.807, 2.05) is 0 Å². The molecule has 0 bridgehead atoms. The SMILES string of the molecule is COC(=O)c1ccc(Nc2ccc(Cl)cc2)c(S(=O)(=O)Nc2ccc(OC)cc2)c1. The molecule has 30 heavy (non-hydrogen) atoms. The van der Waals surface area contributed by atoms with E-state index >= 15 is 0 Å². The molecule has 0 aromatic heterocycles. The first-order chi connectivity index (χ1) is 14.3. The molecule has 0 aliphatic rings. The Morgan fingerprint density at radius 2 is 1.53 bits per heavy atom. The molecule has 2 N–H and O–H groups in total. The summed E-state index contributed by atoms with van der Waals surface area (Å²) >= 11 is 5.91. The molecule has 3 aromatic rings. The maximum absolute atomic E-state index is 13.1. The van der Waals surface area contributed by atoms with E-state index in [2.05, 4.69) is 10.0 Å². The van der Waals surface area contributed by atoms with Crippen molar-refractivity contribution in [1.82, 2.24) is 0 Å². The van der Waals surface area contributed by atoms with E-state index in [4.69, 9.17) is 21.1 Å². The Labute approximate surface area is 179 Å². The summed E-state index contributed by atoms with van der Waals surface area (Å²) in [5.41, 5.74) is 1.36. The van der Waals surface area contributed by atoms with Gasteiger partial charge in [0.2, 0.25) is 0 Å². The molecular formula is C21H19ClN2O5S. The van der Waals surface area contributed by atoms with Gasteiger partial charge in [-0.2, -0.15) is 0 Å². The zero-order valence-corrected chi connectivity index (χ0v) is 17.8. The lowest BCUT2D eigenvalue weighted by molar-refractivity contribution is 0.0600. The third-order valence-electron chi connectivity index (χ3n) is 4.16. The lowest BCUT2D eigenvalue weighted by Crippen LogP contribution is -2.16. The molecule has 0 aliphatic carbocycles. The van der Waals surface area contributed by atoms with E-state index in [1.165, 1.54) is 32.4 Å². The first kappa shape index (κ1) is 21.5. The van der Waals surface area contributed by atoms with E-state index < -0.39 is 16.0 Å². The molecule has 0 unspecified atom stereocenters. The highest BCUT2D eigenvalue weighted by molar-refractivity contribution is 7.92. The van der Waals surface area contributed by atoms with Crippen LogP contribution in [0.25, 0.3) is 0 Å². The third kappa shape index (κ3) is 5.03. The Morgan fingerprint density at radius 3 is 2.13 bits per heavy atom. The van der Waals surface area contributed by atoms with Gasteiger partial charge in [-0.05, 0) is 66.7 Å². The lowest BCUT2D eigenvalue weighted by atomic mass is 10.2. The standard InChI is InChI=1S/C21H19ClN2O5S/c1-28-18-10-8-17(9-11-18)24-30(26,27)20-13-14(21(25)29-2)3-12-19(20)23-16-6-4-15(22)5-7-16/h3-13,23-24H,1-2H3. The molecule has 0 fully saturated rings. The van der Waals surface area contributed by atoms with E-state index in [9.17, 15) is 13.2 Å². The molecule has 0 radical (unpaired) electrons. The lowest BCUT2D eigenvalue weighted by Gasteiger charge is -2.15. The summed E-state index contributed by atoms with van der Waals surface area (Å²) in [4.78, 5) is 11.8. The van der Waals surface area contributed by atoms with Crippen molar-refractivity contribution in [3.63, 3.8) is 0 Å². The minimum Gasteiger partial charge on any atom is -0.497 e. The fourth-order valence-electron chi connectivity index (χ4n) is 2.65. The van der Waals surface area contributed by atoms with Crippen LogP contribution in [0.15, 0.2) is 71.6 Å². The fourth-order valence-corrected chi connectivity index (χ4v) is 4.02.